The van der Waals surface area contributed by atoms with Crippen LogP contribution >= 0.6 is 0 Å². The molecule has 98 valence electrons. The Kier molecular flexibility index (Phi) is 3.80. The molecule has 1 aromatic carbocycles. The van der Waals surface area contributed by atoms with Crippen molar-refractivity contribution in [1.29, 1.82) is 0 Å². The normalized spacial score (nSPS) is 10.2. The lowest BCUT2D eigenvalue weighted by Gasteiger charge is -2.19. The lowest BCUT2D eigenvalue weighted by atomic mass is 10.2. The van der Waals surface area contributed by atoms with E-state index in [1.165, 1.54) is 5.56 Å². The molecule has 0 spiro atoms. The molecule has 0 aliphatic rings. The Morgan fingerprint density at radius 3 is 2.47 bits per heavy atom. The van der Waals surface area contributed by atoms with Crippen LogP contribution in [-0.2, 0) is 6.54 Å². The predicted molar refractivity (Wildman–Crippen MR) is 74.5 cm³/mol. The number of benzene rings is 1. The van der Waals surface area contributed by atoms with E-state index in [0.29, 0.717) is 5.69 Å². The van der Waals surface area contributed by atoms with Gasteiger partial charge in [-0.2, -0.15) is 0 Å². The predicted octanol–water partition coefficient (Wildman–Crippen LogP) is 2.72. The summed E-state index contributed by atoms with van der Waals surface area (Å²) in [6.45, 7) is 2.45. The first kappa shape index (κ1) is 13.1. The lowest BCUT2D eigenvalue weighted by Crippen LogP contribution is -2.18. The van der Waals surface area contributed by atoms with Gasteiger partial charge in [0, 0.05) is 13.6 Å². The van der Waals surface area contributed by atoms with Gasteiger partial charge in [-0.05, 0) is 24.6 Å². The number of nitrogens with zero attached hydrogens (tertiary/aromatic N) is 2. The Balaban J connectivity index is 2.18. The first-order valence-electron chi connectivity index (χ1n) is 6.04. The number of carboxylic acid groups (broad SMARTS) is 1. The fourth-order valence-electron chi connectivity index (χ4n) is 1.92. The minimum absolute atomic E-state index is 0.247. The van der Waals surface area contributed by atoms with Crippen LogP contribution in [-0.4, -0.2) is 23.1 Å². The zero-order valence-electron chi connectivity index (χ0n) is 11.0. The lowest BCUT2D eigenvalue weighted by molar-refractivity contribution is 0.0695. The Hall–Kier alpha value is -2.36. The highest BCUT2D eigenvalue weighted by Crippen LogP contribution is 2.16. The van der Waals surface area contributed by atoms with E-state index < -0.39 is 5.97 Å². The molecule has 0 fully saturated rings. The van der Waals surface area contributed by atoms with Gasteiger partial charge in [0.15, 0.2) is 0 Å². The molecule has 4 heteroatoms. The molecule has 0 atom stereocenters. The molecule has 0 amide bonds. The van der Waals surface area contributed by atoms with Crippen LogP contribution < -0.4 is 4.90 Å². The van der Waals surface area contributed by atoms with Gasteiger partial charge < -0.3 is 10.0 Å². The van der Waals surface area contributed by atoms with Gasteiger partial charge in [0.2, 0.25) is 0 Å². The number of rotatable bonds is 4. The zero-order valence-corrected chi connectivity index (χ0v) is 11.0. The number of aryl methyl sites for hydroxylation is 1. The van der Waals surface area contributed by atoms with E-state index in [4.69, 9.17) is 5.11 Å². The highest BCUT2D eigenvalue weighted by molar-refractivity contribution is 5.89. The molecule has 0 saturated heterocycles. The number of carbonyl (C=O) groups is 1. The minimum atomic E-state index is -0.942. The fourth-order valence-corrected chi connectivity index (χ4v) is 1.92. The maximum atomic E-state index is 10.9. The molecule has 2 rings (SSSR count). The maximum absolute atomic E-state index is 10.9. The molecule has 0 saturated carbocycles. The minimum Gasteiger partial charge on any atom is -0.478 e. The van der Waals surface area contributed by atoms with Crippen LogP contribution in [0.5, 0.6) is 0 Å². The molecule has 1 heterocycles. The van der Waals surface area contributed by atoms with Crippen LogP contribution in [0, 0.1) is 6.92 Å². The standard InChI is InChI=1S/C15H16N2O2/c1-11-13(15(18)19)8-9-14(16-11)17(2)10-12-6-4-3-5-7-12/h3-9H,10H2,1-2H3,(H,18,19). The van der Waals surface area contributed by atoms with Crippen LogP contribution in [0.3, 0.4) is 0 Å². The van der Waals surface area contributed by atoms with Crippen LogP contribution in [0.2, 0.25) is 0 Å². The first-order valence-corrected chi connectivity index (χ1v) is 6.04. The topological polar surface area (TPSA) is 53.4 Å². The number of aromatic nitrogens is 1. The van der Waals surface area contributed by atoms with Gasteiger partial charge in [-0.3, -0.25) is 0 Å². The Labute approximate surface area is 112 Å². The molecule has 1 aromatic heterocycles. The second-order valence-corrected chi connectivity index (χ2v) is 4.45. The van der Waals surface area contributed by atoms with Gasteiger partial charge in [-0.25, -0.2) is 9.78 Å². The van der Waals surface area contributed by atoms with E-state index in [2.05, 4.69) is 17.1 Å². The van der Waals surface area contributed by atoms with E-state index in [9.17, 15) is 4.79 Å². The third-order valence-electron chi connectivity index (χ3n) is 2.96. The summed E-state index contributed by atoms with van der Waals surface area (Å²) in [7, 11) is 1.94. The smallest absolute Gasteiger partial charge is 0.337 e. The number of hydrogen-bond donors (Lipinski definition) is 1. The molecule has 0 unspecified atom stereocenters. The molecule has 0 radical (unpaired) electrons. The highest BCUT2D eigenvalue weighted by Gasteiger charge is 2.10. The summed E-state index contributed by atoms with van der Waals surface area (Å²) in [4.78, 5) is 17.3. The van der Waals surface area contributed by atoms with Crippen molar-refractivity contribution in [3.8, 4) is 0 Å². The maximum Gasteiger partial charge on any atom is 0.337 e. The van der Waals surface area contributed by atoms with Gasteiger partial charge in [-0.1, -0.05) is 30.3 Å². The summed E-state index contributed by atoms with van der Waals surface area (Å²) in [5.41, 5.74) is 1.97. The molecule has 1 N–H and O–H groups in total. The zero-order chi connectivity index (χ0) is 13.8. The van der Waals surface area contributed by atoms with Crippen LogP contribution in [0.25, 0.3) is 0 Å². The van der Waals surface area contributed by atoms with Crippen LogP contribution in [0.1, 0.15) is 21.6 Å². The summed E-state index contributed by atoms with van der Waals surface area (Å²) >= 11 is 0. The molecule has 0 aliphatic carbocycles. The van der Waals surface area contributed by atoms with Crippen molar-refractivity contribution >= 4 is 11.8 Å². The summed E-state index contributed by atoms with van der Waals surface area (Å²) in [5, 5.41) is 8.98. The second-order valence-electron chi connectivity index (χ2n) is 4.45. The fraction of sp³-hybridized carbons (Fsp3) is 0.200. The number of hydrogen-bond acceptors (Lipinski definition) is 3. The summed E-state index contributed by atoms with van der Waals surface area (Å²) < 4.78 is 0. The third kappa shape index (κ3) is 3.10. The number of pyridine rings is 1. The van der Waals surface area contributed by atoms with E-state index in [-0.39, 0.29) is 5.56 Å². The number of aromatic carboxylic acids is 1. The van der Waals surface area contributed by atoms with Crippen molar-refractivity contribution in [3.05, 3.63) is 59.3 Å². The quantitative estimate of drug-likeness (QED) is 0.913. The SMILES string of the molecule is Cc1nc(N(C)Cc2ccccc2)ccc1C(=O)O. The van der Waals surface area contributed by atoms with Crippen molar-refractivity contribution in [3.63, 3.8) is 0 Å². The largest absolute Gasteiger partial charge is 0.478 e. The van der Waals surface area contributed by atoms with Crippen molar-refractivity contribution in [1.82, 2.24) is 4.98 Å². The Morgan fingerprint density at radius 1 is 1.21 bits per heavy atom. The van der Waals surface area contributed by atoms with Crippen LogP contribution in [0.15, 0.2) is 42.5 Å². The molecule has 4 nitrogen and oxygen atoms in total. The molecule has 19 heavy (non-hydrogen) atoms. The van der Waals surface area contributed by atoms with Crippen molar-refractivity contribution < 1.29 is 9.90 Å². The van der Waals surface area contributed by atoms with E-state index in [1.807, 2.05) is 30.1 Å². The molecule has 2 aromatic rings. The Bertz CT molecular complexity index is 582. The number of anilines is 1. The van der Waals surface area contributed by atoms with Crippen molar-refractivity contribution in [2.75, 3.05) is 11.9 Å². The van der Waals surface area contributed by atoms with E-state index in [1.54, 1.807) is 19.1 Å². The first-order chi connectivity index (χ1) is 9.08. The second kappa shape index (κ2) is 5.52. The number of carboxylic acids is 1. The summed E-state index contributed by atoms with van der Waals surface area (Å²) in [6.07, 6.45) is 0. The highest BCUT2D eigenvalue weighted by atomic mass is 16.4. The van der Waals surface area contributed by atoms with E-state index in [0.717, 1.165) is 12.4 Å². The van der Waals surface area contributed by atoms with Crippen molar-refractivity contribution in [2.45, 2.75) is 13.5 Å². The molecular weight excluding hydrogens is 240 g/mol. The Morgan fingerprint density at radius 2 is 1.89 bits per heavy atom. The monoisotopic (exact) mass is 256 g/mol. The summed E-state index contributed by atoms with van der Waals surface area (Å²) in [5.74, 6) is -0.173. The van der Waals surface area contributed by atoms with Gasteiger partial charge in [0.05, 0.1) is 11.3 Å². The average Bonchev–Trinajstić information content (AvgIpc) is 2.39. The van der Waals surface area contributed by atoms with Gasteiger partial charge in [0.1, 0.15) is 5.82 Å². The third-order valence-corrected chi connectivity index (χ3v) is 2.96. The molecule has 0 aliphatic heterocycles. The average molecular weight is 256 g/mol. The summed E-state index contributed by atoms with van der Waals surface area (Å²) in [6, 6.07) is 13.4. The van der Waals surface area contributed by atoms with E-state index >= 15 is 0 Å². The van der Waals surface area contributed by atoms with Gasteiger partial charge >= 0.3 is 5.97 Å². The van der Waals surface area contributed by atoms with Crippen molar-refractivity contribution in [2.24, 2.45) is 0 Å². The molecule has 0 bridgehead atoms. The van der Waals surface area contributed by atoms with Crippen LogP contribution in [0.4, 0.5) is 5.82 Å². The van der Waals surface area contributed by atoms with Gasteiger partial charge in [0.25, 0.3) is 0 Å². The molecular formula is C15H16N2O2. The van der Waals surface area contributed by atoms with Gasteiger partial charge in [-0.15, -0.1) is 0 Å².